The van der Waals surface area contributed by atoms with Gasteiger partial charge in [0.25, 0.3) is 0 Å². The van der Waals surface area contributed by atoms with Gasteiger partial charge in [0.2, 0.25) is 0 Å². The molecule has 1 saturated heterocycles. The smallest absolute Gasteiger partial charge is 0.319 e. The summed E-state index contributed by atoms with van der Waals surface area (Å²) in [6.45, 7) is 3.25. The molecule has 6 heteroatoms. The molecule has 1 atom stereocenters. The lowest BCUT2D eigenvalue weighted by Crippen LogP contribution is -2.42. The standard InChI is InChI=1S/C14H20ClN3O2/c1-18-8-9-20-13(10-18)6-7-16-14(19)17-12-4-2-11(15)3-5-12/h2-5,13H,6-10H2,1H3,(H2,16,17,19). The molecule has 1 heterocycles. The van der Waals surface area contributed by atoms with Crippen molar-refractivity contribution in [2.24, 2.45) is 0 Å². The fraction of sp³-hybridized carbons (Fsp3) is 0.500. The number of nitrogens with one attached hydrogen (secondary N) is 2. The van der Waals surface area contributed by atoms with E-state index in [2.05, 4.69) is 22.6 Å². The molecule has 1 fully saturated rings. The average molecular weight is 298 g/mol. The molecule has 0 bridgehead atoms. The summed E-state index contributed by atoms with van der Waals surface area (Å²) in [6.07, 6.45) is 1.02. The minimum atomic E-state index is -0.212. The minimum Gasteiger partial charge on any atom is -0.375 e. The minimum absolute atomic E-state index is 0.199. The van der Waals surface area contributed by atoms with Crippen molar-refractivity contribution in [3.8, 4) is 0 Å². The number of anilines is 1. The lowest BCUT2D eigenvalue weighted by molar-refractivity contribution is -0.0224. The predicted octanol–water partition coefficient (Wildman–Crippen LogP) is 2.18. The maximum absolute atomic E-state index is 11.7. The number of likely N-dealkylation sites (N-methyl/N-ethyl adjacent to an activating group) is 1. The normalized spacial score (nSPS) is 19.6. The lowest BCUT2D eigenvalue weighted by atomic mass is 10.2. The second-order valence-electron chi connectivity index (χ2n) is 4.93. The van der Waals surface area contributed by atoms with Gasteiger partial charge in [-0.3, -0.25) is 0 Å². The van der Waals surface area contributed by atoms with Gasteiger partial charge in [-0.15, -0.1) is 0 Å². The largest absolute Gasteiger partial charge is 0.375 e. The molecule has 0 aromatic heterocycles. The molecule has 1 unspecified atom stereocenters. The molecular formula is C14H20ClN3O2. The van der Waals surface area contributed by atoms with Crippen LogP contribution in [0.1, 0.15) is 6.42 Å². The number of nitrogens with zero attached hydrogens (tertiary/aromatic N) is 1. The van der Waals surface area contributed by atoms with E-state index in [-0.39, 0.29) is 12.1 Å². The molecule has 1 aromatic carbocycles. The van der Waals surface area contributed by atoms with Crippen molar-refractivity contribution in [3.63, 3.8) is 0 Å². The van der Waals surface area contributed by atoms with Crippen LogP contribution in [-0.4, -0.2) is 50.3 Å². The summed E-state index contributed by atoms with van der Waals surface area (Å²) in [4.78, 5) is 13.9. The van der Waals surface area contributed by atoms with Gasteiger partial charge in [-0.25, -0.2) is 4.79 Å². The number of carbonyl (C=O) groups is 1. The van der Waals surface area contributed by atoms with E-state index < -0.39 is 0 Å². The van der Waals surface area contributed by atoms with E-state index in [0.29, 0.717) is 11.6 Å². The summed E-state index contributed by atoms with van der Waals surface area (Å²) in [5, 5.41) is 6.23. The zero-order valence-electron chi connectivity index (χ0n) is 11.6. The molecule has 1 aliphatic rings. The Balaban J connectivity index is 1.66. The van der Waals surface area contributed by atoms with Crippen molar-refractivity contribution in [1.82, 2.24) is 10.2 Å². The maximum atomic E-state index is 11.7. The van der Waals surface area contributed by atoms with Crippen molar-refractivity contribution in [1.29, 1.82) is 0 Å². The first kappa shape index (κ1) is 15.1. The summed E-state index contributed by atoms with van der Waals surface area (Å²) in [7, 11) is 2.08. The highest BCUT2D eigenvalue weighted by Gasteiger charge is 2.17. The Morgan fingerprint density at radius 3 is 2.90 bits per heavy atom. The molecule has 0 saturated carbocycles. The Bertz CT molecular complexity index is 439. The number of hydrogen-bond donors (Lipinski definition) is 2. The van der Waals surface area contributed by atoms with Crippen LogP contribution in [0.15, 0.2) is 24.3 Å². The van der Waals surface area contributed by atoms with Gasteiger partial charge in [0.15, 0.2) is 0 Å². The number of rotatable bonds is 4. The summed E-state index contributed by atoms with van der Waals surface area (Å²) >= 11 is 5.78. The van der Waals surface area contributed by atoms with E-state index in [1.807, 2.05) is 0 Å². The van der Waals surface area contributed by atoms with Crippen LogP contribution in [-0.2, 0) is 4.74 Å². The number of urea groups is 1. The Kier molecular flexibility index (Phi) is 5.64. The predicted molar refractivity (Wildman–Crippen MR) is 80.3 cm³/mol. The molecule has 2 N–H and O–H groups in total. The van der Waals surface area contributed by atoms with Crippen molar-refractivity contribution in [3.05, 3.63) is 29.3 Å². The number of amides is 2. The summed E-state index contributed by atoms with van der Waals surface area (Å²) < 4.78 is 5.63. The molecule has 0 aliphatic carbocycles. The number of morpholine rings is 1. The number of benzene rings is 1. The monoisotopic (exact) mass is 297 g/mol. The third-order valence-electron chi connectivity index (χ3n) is 3.20. The van der Waals surface area contributed by atoms with Gasteiger partial charge in [-0.2, -0.15) is 0 Å². The lowest BCUT2D eigenvalue weighted by Gasteiger charge is -2.30. The van der Waals surface area contributed by atoms with Crippen molar-refractivity contribution >= 4 is 23.3 Å². The first-order valence-electron chi connectivity index (χ1n) is 6.74. The zero-order chi connectivity index (χ0) is 14.4. The molecule has 110 valence electrons. The van der Waals surface area contributed by atoms with Gasteiger partial charge in [-0.1, -0.05) is 11.6 Å². The average Bonchev–Trinajstić information content (AvgIpc) is 2.41. The topological polar surface area (TPSA) is 53.6 Å². The van der Waals surface area contributed by atoms with E-state index in [0.717, 1.165) is 31.8 Å². The third-order valence-corrected chi connectivity index (χ3v) is 3.45. The van der Waals surface area contributed by atoms with Crippen LogP contribution >= 0.6 is 11.6 Å². The fourth-order valence-electron chi connectivity index (χ4n) is 2.10. The van der Waals surface area contributed by atoms with Crippen molar-refractivity contribution in [2.45, 2.75) is 12.5 Å². The molecule has 2 amide bonds. The maximum Gasteiger partial charge on any atom is 0.319 e. The van der Waals surface area contributed by atoms with Gasteiger partial charge in [0.05, 0.1) is 12.7 Å². The summed E-state index contributed by atoms with van der Waals surface area (Å²) in [6, 6.07) is 6.80. The molecule has 2 rings (SSSR count). The second-order valence-corrected chi connectivity index (χ2v) is 5.37. The number of hydrogen-bond acceptors (Lipinski definition) is 3. The molecule has 20 heavy (non-hydrogen) atoms. The number of ether oxygens (including phenoxy) is 1. The second kappa shape index (κ2) is 7.47. The van der Waals surface area contributed by atoms with Crippen LogP contribution < -0.4 is 10.6 Å². The van der Waals surface area contributed by atoms with Crippen molar-refractivity contribution < 1.29 is 9.53 Å². The van der Waals surface area contributed by atoms with Crippen LogP contribution in [0.3, 0.4) is 0 Å². The van der Waals surface area contributed by atoms with Crippen LogP contribution in [0.4, 0.5) is 10.5 Å². The van der Waals surface area contributed by atoms with Gasteiger partial charge in [0, 0.05) is 30.3 Å². The number of carbonyl (C=O) groups excluding carboxylic acids is 1. The first-order chi connectivity index (χ1) is 9.63. The van der Waals surface area contributed by atoms with Crippen LogP contribution in [0.25, 0.3) is 0 Å². The van der Waals surface area contributed by atoms with Gasteiger partial charge in [0.1, 0.15) is 0 Å². The van der Waals surface area contributed by atoms with Gasteiger partial charge >= 0.3 is 6.03 Å². The highest BCUT2D eigenvalue weighted by molar-refractivity contribution is 6.30. The summed E-state index contributed by atoms with van der Waals surface area (Å²) in [5.41, 5.74) is 0.723. The van der Waals surface area contributed by atoms with Gasteiger partial charge in [-0.05, 0) is 37.7 Å². The first-order valence-corrected chi connectivity index (χ1v) is 7.12. The van der Waals surface area contributed by atoms with E-state index in [4.69, 9.17) is 16.3 Å². The fourth-order valence-corrected chi connectivity index (χ4v) is 2.22. The van der Waals surface area contributed by atoms with Crippen LogP contribution in [0, 0.1) is 0 Å². The van der Waals surface area contributed by atoms with E-state index in [9.17, 15) is 4.79 Å². The van der Waals surface area contributed by atoms with E-state index >= 15 is 0 Å². The highest BCUT2D eigenvalue weighted by Crippen LogP contribution is 2.13. The van der Waals surface area contributed by atoms with Crippen LogP contribution in [0.2, 0.25) is 5.02 Å². The molecule has 1 aliphatic heterocycles. The quantitative estimate of drug-likeness (QED) is 0.896. The Hall–Kier alpha value is -1.30. The number of halogens is 1. The molecule has 0 spiro atoms. The Morgan fingerprint density at radius 1 is 1.45 bits per heavy atom. The van der Waals surface area contributed by atoms with E-state index in [1.165, 1.54) is 0 Å². The van der Waals surface area contributed by atoms with Crippen LogP contribution in [0.5, 0.6) is 0 Å². The molecule has 5 nitrogen and oxygen atoms in total. The Morgan fingerprint density at radius 2 is 2.20 bits per heavy atom. The zero-order valence-corrected chi connectivity index (χ0v) is 12.3. The SMILES string of the molecule is CN1CCOC(CCNC(=O)Nc2ccc(Cl)cc2)C1. The third kappa shape index (κ3) is 5.00. The van der Waals surface area contributed by atoms with Gasteiger partial charge < -0.3 is 20.3 Å². The molecular weight excluding hydrogens is 278 g/mol. The Labute approximate surface area is 124 Å². The van der Waals surface area contributed by atoms with E-state index in [1.54, 1.807) is 24.3 Å². The summed E-state index contributed by atoms with van der Waals surface area (Å²) in [5.74, 6) is 0. The highest BCUT2D eigenvalue weighted by atomic mass is 35.5. The van der Waals surface area contributed by atoms with Crippen molar-refractivity contribution in [2.75, 3.05) is 38.6 Å². The molecule has 0 radical (unpaired) electrons. The molecule has 1 aromatic rings.